The van der Waals surface area contributed by atoms with Gasteiger partial charge in [0.15, 0.2) is 5.82 Å². The van der Waals surface area contributed by atoms with Gasteiger partial charge in [-0.05, 0) is 12.5 Å². The second kappa shape index (κ2) is 4.77. The van der Waals surface area contributed by atoms with Crippen LogP contribution in [0.4, 0.5) is 4.39 Å². The van der Waals surface area contributed by atoms with Gasteiger partial charge in [0.05, 0.1) is 18.2 Å². The molecule has 5 heteroatoms. The van der Waals surface area contributed by atoms with E-state index in [1.54, 1.807) is 0 Å². The highest BCUT2D eigenvalue weighted by Gasteiger charge is 2.17. The molecule has 1 saturated heterocycles. The number of nitrogens with zero attached hydrogens (tertiary/aromatic N) is 1. The van der Waals surface area contributed by atoms with Crippen molar-refractivity contribution in [3.63, 3.8) is 0 Å². The number of ether oxygens (including phenoxy) is 2. The Kier molecular flexibility index (Phi) is 3.38. The summed E-state index contributed by atoms with van der Waals surface area (Å²) in [7, 11) is 0. The second-order valence-corrected chi connectivity index (χ2v) is 3.92. The molecular formula is C10H11ClFNO2. The first-order chi connectivity index (χ1) is 7.25. The minimum absolute atomic E-state index is 0.00583. The predicted molar refractivity (Wildman–Crippen MR) is 53.6 cm³/mol. The van der Waals surface area contributed by atoms with Gasteiger partial charge in [-0.3, -0.25) is 0 Å². The lowest BCUT2D eigenvalue weighted by Gasteiger charge is -2.09. The predicted octanol–water partition coefficient (Wildman–Crippen LogP) is 2.29. The van der Waals surface area contributed by atoms with Gasteiger partial charge < -0.3 is 9.47 Å². The summed E-state index contributed by atoms with van der Waals surface area (Å²) in [6.45, 7) is 1.87. The Hall–Kier alpha value is -0.870. The van der Waals surface area contributed by atoms with Crippen LogP contribution in [0.2, 0.25) is 5.02 Å². The van der Waals surface area contributed by atoms with Gasteiger partial charge in [0.1, 0.15) is 0 Å². The number of pyridine rings is 1. The maximum Gasteiger partial charge on any atom is 0.250 e. The molecule has 0 spiro atoms. The Morgan fingerprint density at radius 3 is 3.20 bits per heavy atom. The molecule has 2 heterocycles. The van der Waals surface area contributed by atoms with Crippen LogP contribution in [0, 0.1) is 11.7 Å². The smallest absolute Gasteiger partial charge is 0.250 e. The van der Waals surface area contributed by atoms with Gasteiger partial charge >= 0.3 is 0 Å². The number of halogens is 2. The molecule has 0 amide bonds. The first-order valence-electron chi connectivity index (χ1n) is 4.77. The van der Waals surface area contributed by atoms with Crippen LogP contribution in [0.1, 0.15) is 6.42 Å². The fourth-order valence-electron chi connectivity index (χ4n) is 1.42. The fourth-order valence-corrected chi connectivity index (χ4v) is 1.56. The van der Waals surface area contributed by atoms with Crippen molar-refractivity contribution in [1.82, 2.24) is 4.98 Å². The molecule has 0 bridgehead atoms. The van der Waals surface area contributed by atoms with Crippen LogP contribution in [-0.2, 0) is 4.74 Å². The van der Waals surface area contributed by atoms with Crippen LogP contribution < -0.4 is 4.74 Å². The summed E-state index contributed by atoms with van der Waals surface area (Å²) >= 11 is 5.57. The molecule has 3 nitrogen and oxygen atoms in total. The van der Waals surface area contributed by atoms with E-state index in [2.05, 4.69) is 4.98 Å². The van der Waals surface area contributed by atoms with Gasteiger partial charge in [0.25, 0.3) is 0 Å². The molecule has 0 aliphatic carbocycles. The van der Waals surface area contributed by atoms with Gasteiger partial charge in [-0.25, -0.2) is 9.37 Å². The van der Waals surface area contributed by atoms with Crippen molar-refractivity contribution in [2.45, 2.75) is 6.42 Å². The number of hydrogen-bond donors (Lipinski definition) is 0. The van der Waals surface area contributed by atoms with E-state index in [-0.39, 0.29) is 10.9 Å². The zero-order chi connectivity index (χ0) is 10.7. The lowest BCUT2D eigenvalue weighted by molar-refractivity contribution is 0.163. The maximum atomic E-state index is 13.2. The fraction of sp³-hybridized carbons (Fsp3) is 0.500. The van der Waals surface area contributed by atoms with E-state index in [4.69, 9.17) is 21.1 Å². The summed E-state index contributed by atoms with van der Waals surface area (Å²) in [4.78, 5) is 3.77. The van der Waals surface area contributed by atoms with Crippen molar-refractivity contribution >= 4 is 11.6 Å². The topological polar surface area (TPSA) is 31.4 Å². The molecule has 1 fully saturated rings. The summed E-state index contributed by atoms with van der Waals surface area (Å²) < 4.78 is 23.7. The van der Waals surface area contributed by atoms with Crippen LogP contribution in [0.25, 0.3) is 0 Å². The molecule has 15 heavy (non-hydrogen) atoms. The molecule has 1 unspecified atom stereocenters. The molecule has 82 valence electrons. The van der Waals surface area contributed by atoms with Crippen LogP contribution in [0.5, 0.6) is 5.88 Å². The lowest BCUT2D eigenvalue weighted by Crippen LogP contribution is -2.12. The third kappa shape index (κ3) is 2.79. The van der Waals surface area contributed by atoms with Gasteiger partial charge in [0.2, 0.25) is 5.88 Å². The minimum atomic E-state index is -0.526. The Labute approximate surface area is 92.2 Å². The molecular weight excluding hydrogens is 221 g/mol. The second-order valence-electron chi connectivity index (χ2n) is 3.48. The normalized spacial score (nSPS) is 20.5. The Morgan fingerprint density at radius 1 is 1.67 bits per heavy atom. The Morgan fingerprint density at radius 2 is 2.53 bits per heavy atom. The summed E-state index contributed by atoms with van der Waals surface area (Å²) in [5, 5.41) is 0.268. The van der Waals surface area contributed by atoms with E-state index in [1.165, 1.54) is 12.3 Å². The first kappa shape index (κ1) is 10.6. The van der Waals surface area contributed by atoms with Crippen molar-refractivity contribution in [2.24, 2.45) is 5.92 Å². The summed E-state index contributed by atoms with van der Waals surface area (Å²) in [6, 6.07) is 1.19. The highest BCUT2D eigenvalue weighted by molar-refractivity contribution is 6.30. The molecule has 1 aromatic rings. The summed E-state index contributed by atoms with van der Waals surface area (Å²) in [6.07, 6.45) is 2.32. The van der Waals surface area contributed by atoms with Gasteiger partial charge in [-0.2, -0.15) is 0 Å². The van der Waals surface area contributed by atoms with Gasteiger partial charge in [-0.1, -0.05) is 11.6 Å². The average Bonchev–Trinajstić information content (AvgIpc) is 2.69. The van der Waals surface area contributed by atoms with Crippen LogP contribution in [0.3, 0.4) is 0 Å². The number of rotatable bonds is 3. The van der Waals surface area contributed by atoms with Crippen LogP contribution in [0.15, 0.2) is 12.3 Å². The average molecular weight is 232 g/mol. The van der Waals surface area contributed by atoms with Crippen LogP contribution >= 0.6 is 11.6 Å². The van der Waals surface area contributed by atoms with Crippen molar-refractivity contribution < 1.29 is 13.9 Å². The van der Waals surface area contributed by atoms with Crippen molar-refractivity contribution in [1.29, 1.82) is 0 Å². The van der Waals surface area contributed by atoms with E-state index in [0.29, 0.717) is 19.1 Å². The summed E-state index contributed by atoms with van der Waals surface area (Å²) in [5.74, 6) is -0.186. The molecule has 2 rings (SSSR count). The van der Waals surface area contributed by atoms with Gasteiger partial charge in [-0.15, -0.1) is 0 Å². The zero-order valence-electron chi connectivity index (χ0n) is 8.08. The minimum Gasteiger partial charge on any atom is -0.475 e. The molecule has 0 aromatic carbocycles. The Bertz CT molecular complexity index is 342. The molecule has 1 aliphatic heterocycles. The number of aromatic nitrogens is 1. The number of hydrogen-bond acceptors (Lipinski definition) is 3. The molecule has 1 aliphatic rings. The standard InChI is InChI=1S/C10H11ClFNO2/c11-8-3-9(12)10(13-4-8)15-6-7-1-2-14-5-7/h3-4,7H,1-2,5-6H2. The van der Waals surface area contributed by atoms with E-state index >= 15 is 0 Å². The van der Waals surface area contributed by atoms with E-state index in [9.17, 15) is 4.39 Å². The van der Waals surface area contributed by atoms with Crippen molar-refractivity contribution in [3.05, 3.63) is 23.1 Å². The molecule has 1 atom stereocenters. The lowest BCUT2D eigenvalue weighted by atomic mass is 10.1. The summed E-state index contributed by atoms with van der Waals surface area (Å²) in [5.41, 5.74) is 0. The monoisotopic (exact) mass is 231 g/mol. The highest BCUT2D eigenvalue weighted by atomic mass is 35.5. The van der Waals surface area contributed by atoms with Crippen molar-refractivity contribution in [3.8, 4) is 5.88 Å². The zero-order valence-corrected chi connectivity index (χ0v) is 8.84. The highest BCUT2D eigenvalue weighted by Crippen LogP contribution is 2.19. The van der Waals surface area contributed by atoms with E-state index < -0.39 is 5.82 Å². The molecule has 1 aromatic heterocycles. The third-order valence-electron chi connectivity index (χ3n) is 2.25. The molecule has 0 N–H and O–H groups in total. The van der Waals surface area contributed by atoms with E-state index in [0.717, 1.165) is 13.0 Å². The quantitative estimate of drug-likeness (QED) is 0.800. The van der Waals surface area contributed by atoms with Crippen LogP contribution in [-0.4, -0.2) is 24.8 Å². The largest absolute Gasteiger partial charge is 0.475 e. The maximum absolute atomic E-state index is 13.2. The Balaban J connectivity index is 1.92. The molecule has 0 radical (unpaired) electrons. The SMILES string of the molecule is Fc1cc(Cl)cnc1OCC1CCOC1. The van der Waals surface area contributed by atoms with E-state index in [1.807, 2.05) is 0 Å². The third-order valence-corrected chi connectivity index (χ3v) is 2.46. The van der Waals surface area contributed by atoms with Crippen molar-refractivity contribution in [2.75, 3.05) is 19.8 Å². The molecule has 0 saturated carbocycles. The first-order valence-corrected chi connectivity index (χ1v) is 5.15. The van der Waals surface area contributed by atoms with Gasteiger partial charge in [0, 0.05) is 18.7 Å².